The van der Waals surface area contributed by atoms with Crippen LogP contribution in [0.15, 0.2) is 22.7 Å². The number of nitrogens with zero attached hydrogens (tertiary/aromatic N) is 1. The van der Waals surface area contributed by atoms with Crippen LogP contribution < -0.4 is 10.6 Å². The minimum absolute atomic E-state index is 0.273. The van der Waals surface area contributed by atoms with Crippen molar-refractivity contribution in [2.75, 3.05) is 18.0 Å². The van der Waals surface area contributed by atoms with Gasteiger partial charge in [0, 0.05) is 23.6 Å². The molecule has 0 saturated carbocycles. The highest BCUT2D eigenvalue weighted by atomic mass is 79.9. The van der Waals surface area contributed by atoms with Gasteiger partial charge in [-0.15, -0.1) is 0 Å². The van der Waals surface area contributed by atoms with Gasteiger partial charge in [0.05, 0.1) is 5.69 Å². The molecule has 0 bridgehead atoms. The lowest BCUT2D eigenvalue weighted by Gasteiger charge is -2.21. The quantitative estimate of drug-likeness (QED) is 0.921. The molecule has 1 aliphatic heterocycles. The summed E-state index contributed by atoms with van der Waals surface area (Å²) < 4.78 is 1.21. The molecule has 0 radical (unpaired) electrons. The third-order valence-corrected chi connectivity index (χ3v) is 4.43. The van der Waals surface area contributed by atoms with Crippen molar-refractivity contribution in [1.29, 1.82) is 0 Å². The molecule has 3 heteroatoms. The second-order valence-corrected chi connectivity index (χ2v) is 6.35. The molecule has 1 aliphatic rings. The Morgan fingerprint density at radius 3 is 2.83 bits per heavy atom. The number of benzene rings is 1. The minimum atomic E-state index is 0.273. The highest BCUT2D eigenvalue weighted by molar-refractivity contribution is 9.10. The average molecular weight is 311 g/mol. The van der Waals surface area contributed by atoms with Crippen LogP contribution in [-0.4, -0.2) is 19.1 Å². The van der Waals surface area contributed by atoms with Crippen molar-refractivity contribution < 1.29 is 0 Å². The van der Waals surface area contributed by atoms with Crippen molar-refractivity contribution in [1.82, 2.24) is 0 Å². The fourth-order valence-corrected chi connectivity index (χ4v) is 3.21. The summed E-state index contributed by atoms with van der Waals surface area (Å²) >= 11 is 3.71. The van der Waals surface area contributed by atoms with Crippen LogP contribution in [0.25, 0.3) is 0 Å². The van der Waals surface area contributed by atoms with Crippen molar-refractivity contribution in [3.63, 3.8) is 0 Å². The van der Waals surface area contributed by atoms with Crippen LogP contribution >= 0.6 is 15.9 Å². The summed E-state index contributed by atoms with van der Waals surface area (Å²) in [5.74, 6) is 0.810. The largest absolute Gasteiger partial charge is 0.370 e. The molecular weight excluding hydrogens is 288 g/mol. The van der Waals surface area contributed by atoms with Gasteiger partial charge in [0.15, 0.2) is 0 Å². The second kappa shape index (κ2) is 6.07. The van der Waals surface area contributed by atoms with E-state index in [1.807, 2.05) is 0 Å². The average Bonchev–Trinajstić information content (AvgIpc) is 2.75. The van der Waals surface area contributed by atoms with Crippen molar-refractivity contribution in [2.45, 2.75) is 39.2 Å². The zero-order valence-electron chi connectivity index (χ0n) is 11.3. The third-order valence-electron chi connectivity index (χ3n) is 3.80. The lowest BCUT2D eigenvalue weighted by molar-refractivity contribution is 0.646. The number of hydrogen-bond donors (Lipinski definition) is 1. The smallest absolute Gasteiger partial charge is 0.0510 e. The van der Waals surface area contributed by atoms with E-state index >= 15 is 0 Å². The number of nitrogens with two attached hydrogens (primary N) is 1. The van der Waals surface area contributed by atoms with E-state index in [9.17, 15) is 0 Å². The fourth-order valence-electron chi connectivity index (χ4n) is 2.53. The molecule has 2 nitrogen and oxygen atoms in total. The van der Waals surface area contributed by atoms with Crippen LogP contribution in [-0.2, 0) is 6.42 Å². The molecule has 1 heterocycles. The molecule has 18 heavy (non-hydrogen) atoms. The molecule has 0 spiro atoms. The molecule has 100 valence electrons. The first kappa shape index (κ1) is 13.9. The topological polar surface area (TPSA) is 29.3 Å². The number of anilines is 1. The summed E-state index contributed by atoms with van der Waals surface area (Å²) in [5, 5.41) is 0. The van der Waals surface area contributed by atoms with Crippen molar-refractivity contribution in [2.24, 2.45) is 11.7 Å². The fraction of sp³-hybridized carbons (Fsp3) is 0.600. The lowest BCUT2D eigenvalue weighted by Crippen LogP contribution is -2.22. The highest BCUT2D eigenvalue weighted by Gasteiger charge is 2.20. The molecule has 1 aromatic carbocycles. The van der Waals surface area contributed by atoms with E-state index in [4.69, 9.17) is 5.73 Å². The molecular formula is C15H23BrN2. The van der Waals surface area contributed by atoms with Gasteiger partial charge in [-0.3, -0.25) is 0 Å². The maximum Gasteiger partial charge on any atom is 0.0510 e. The van der Waals surface area contributed by atoms with Crippen molar-refractivity contribution >= 4 is 21.6 Å². The third kappa shape index (κ3) is 3.27. The summed E-state index contributed by atoms with van der Waals surface area (Å²) in [6, 6.07) is 6.96. The Balaban J connectivity index is 2.10. The summed E-state index contributed by atoms with van der Waals surface area (Å²) in [6.07, 6.45) is 3.30. The molecule has 2 N–H and O–H groups in total. The molecule has 2 unspecified atom stereocenters. The number of hydrogen-bond acceptors (Lipinski definition) is 2. The van der Waals surface area contributed by atoms with Crippen molar-refractivity contribution in [3.8, 4) is 0 Å². The molecule has 2 rings (SSSR count). The maximum absolute atomic E-state index is 6.01. The van der Waals surface area contributed by atoms with Gasteiger partial charge in [-0.25, -0.2) is 0 Å². The van der Waals surface area contributed by atoms with Gasteiger partial charge in [-0.2, -0.15) is 0 Å². The minimum Gasteiger partial charge on any atom is -0.370 e. The van der Waals surface area contributed by atoms with E-state index < -0.39 is 0 Å². The zero-order chi connectivity index (χ0) is 13.1. The molecule has 1 aromatic rings. The van der Waals surface area contributed by atoms with E-state index in [1.54, 1.807) is 0 Å². The number of rotatable bonds is 4. The van der Waals surface area contributed by atoms with Crippen molar-refractivity contribution in [3.05, 3.63) is 28.2 Å². The van der Waals surface area contributed by atoms with E-state index in [0.717, 1.165) is 18.8 Å². The van der Waals surface area contributed by atoms with Gasteiger partial charge >= 0.3 is 0 Å². The number of halogens is 1. The van der Waals surface area contributed by atoms with Crippen LogP contribution in [0, 0.1) is 5.92 Å². The van der Waals surface area contributed by atoms with Gasteiger partial charge in [0.1, 0.15) is 0 Å². The van der Waals surface area contributed by atoms with Gasteiger partial charge in [-0.05, 0) is 58.8 Å². The molecule has 1 fully saturated rings. The Morgan fingerprint density at radius 1 is 1.50 bits per heavy atom. The standard InChI is InChI=1S/C15H23BrN2/c1-3-13(17)8-12-4-5-15(14(16)9-12)18-7-6-11(2)10-18/h4-5,9,11,13H,3,6-8,10,17H2,1-2H3. The molecule has 0 amide bonds. The first-order valence-electron chi connectivity index (χ1n) is 6.89. The van der Waals surface area contributed by atoms with E-state index in [2.05, 4.69) is 52.9 Å². The Labute approximate surface area is 119 Å². The van der Waals surface area contributed by atoms with E-state index in [1.165, 1.54) is 35.2 Å². The summed E-state index contributed by atoms with van der Waals surface area (Å²) in [4.78, 5) is 2.47. The summed E-state index contributed by atoms with van der Waals surface area (Å²) in [7, 11) is 0. The van der Waals surface area contributed by atoms with E-state index in [-0.39, 0.29) is 6.04 Å². The van der Waals surface area contributed by atoms with Crippen LogP contribution in [0.2, 0.25) is 0 Å². The Hall–Kier alpha value is -0.540. The SMILES string of the molecule is CCC(N)Cc1ccc(N2CCC(C)C2)c(Br)c1. The van der Waals surface area contributed by atoms with Crippen LogP contribution in [0.4, 0.5) is 5.69 Å². The Morgan fingerprint density at radius 2 is 2.28 bits per heavy atom. The van der Waals surface area contributed by atoms with Gasteiger partial charge < -0.3 is 10.6 Å². The molecule has 1 saturated heterocycles. The lowest BCUT2D eigenvalue weighted by atomic mass is 10.0. The maximum atomic E-state index is 6.01. The van der Waals surface area contributed by atoms with Gasteiger partial charge in [-0.1, -0.05) is 19.9 Å². The van der Waals surface area contributed by atoms with Crippen LogP contribution in [0.1, 0.15) is 32.3 Å². The van der Waals surface area contributed by atoms with Crippen LogP contribution in [0.3, 0.4) is 0 Å². The van der Waals surface area contributed by atoms with Gasteiger partial charge in [0.25, 0.3) is 0 Å². The van der Waals surface area contributed by atoms with Gasteiger partial charge in [0.2, 0.25) is 0 Å². The Kier molecular flexibility index (Phi) is 4.68. The molecule has 0 aliphatic carbocycles. The summed E-state index contributed by atoms with van der Waals surface area (Å²) in [5.41, 5.74) is 8.66. The normalized spacial score (nSPS) is 21.3. The molecule has 0 aromatic heterocycles. The highest BCUT2D eigenvalue weighted by Crippen LogP contribution is 2.31. The Bertz CT molecular complexity index is 405. The zero-order valence-corrected chi connectivity index (χ0v) is 12.9. The predicted molar refractivity (Wildman–Crippen MR) is 82.1 cm³/mol. The predicted octanol–water partition coefficient (Wildman–Crippen LogP) is 3.58. The van der Waals surface area contributed by atoms with Crippen LogP contribution in [0.5, 0.6) is 0 Å². The monoisotopic (exact) mass is 310 g/mol. The molecule has 2 atom stereocenters. The van der Waals surface area contributed by atoms with E-state index in [0.29, 0.717) is 0 Å². The second-order valence-electron chi connectivity index (χ2n) is 5.50. The first-order valence-corrected chi connectivity index (χ1v) is 7.68. The summed E-state index contributed by atoms with van der Waals surface area (Å²) in [6.45, 7) is 6.81. The first-order chi connectivity index (χ1) is 8.60.